The molecule has 0 aromatic heterocycles. The molecule has 25 heavy (non-hydrogen) atoms. The van der Waals surface area contributed by atoms with Gasteiger partial charge in [0.15, 0.2) is 0 Å². The Bertz CT molecular complexity index is 644. The molecule has 0 bridgehead atoms. The van der Waals surface area contributed by atoms with Crippen LogP contribution >= 0.6 is 0 Å². The molecule has 5 nitrogen and oxygen atoms in total. The minimum atomic E-state index is -0.429. The lowest BCUT2D eigenvalue weighted by Gasteiger charge is -2.11. The van der Waals surface area contributed by atoms with E-state index < -0.39 is 6.09 Å². The Balaban J connectivity index is 1.71. The van der Waals surface area contributed by atoms with Crippen molar-refractivity contribution in [3.63, 3.8) is 0 Å². The van der Waals surface area contributed by atoms with Gasteiger partial charge in [0.1, 0.15) is 12.4 Å². The zero-order valence-corrected chi connectivity index (χ0v) is 14.9. The number of benzene rings is 2. The first-order valence-electron chi connectivity index (χ1n) is 8.44. The molecule has 0 aliphatic heterocycles. The summed E-state index contributed by atoms with van der Waals surface area (Å²) in [5, 5.41) is 2.76. The van der Waals surface area contributed by atoms with Crippen LogP contribution in [0.25, 0.3) is 0 Å². The quantitative estimate of drug-likeness (QED) is 0.709. The van der Waals surface area contributed by atoms with E-state index in [1.54, 1.807) is 0 Å². The van der Waals surface area contributed by atoms with Gasteiger partial charge in [0.2, 0.25) is 0 Å². The van der Waals surface area contributed by atoms with Gasteiger partial charge in [-0.25, -0.2) is 4.79 Å². The molecule has 0 radical (unpaired) electrons. The molecule has 0 saturated carbocycles. The number of carbonyl (C=O) groups excluding carboxylic acids is 1. The summed E-state index contributed by atoms with van der Waals surface area (Å²) in [5.41, 5.74) is 1.94. The third-order valence-electron chi connectivity index (χ3n) is 3.57. The number of hydrogen-bond donors (Lipinski definition) is 1. The minimum absolute atomic E-state index is 0.266. The molecule has 5 heteroatoms. The Labute approximate surface area is 149 Å². The molecule has 0 atom stereocenters. The van der Waals surface area contributed by atoms with Crippen molar-refractivity contribution in [2.24, 2.45) is 0 Å². The molecular weight excluding hydrogens is 316 g/mol. The highest BCUT2D eigenvalue weighted by molar-refractivity contribution is 5.67. The second-order valence-corrected chi connectivity index (χ2v) is 6.07. The van der Waals surface area contributed by atoms with E-state index in [2.05, 4.69) is 10.2 Å². The highest BCUT2D eigenvalue weighted by atomic mass is 16.5. The number of alkyl carbamates (subject to hydrolysis) is 1. The normalized spacial score (nSPS) is 10.5. The monoisotopic (exact) mass is 342 g/mol. The summed E-state index contributed by atoms with van der Waals surface area (Å²) in [6.45, 7) is 2.34. The molecule has 0 saturated heterocycles. The van der Waals surface area contributed by atoms with E-state index in [4.69, 9.17) is 9.47 Å². The third kappa shape index (κ3) is 7.72. The fourth-order valence-electron chi connectivity index (χ4n) is 2.26. The van der Waals surface area contributed by atoms with Gasteiger partial charge in [-0.3, -0.25) is 0 Å². The maximum atomic E-state index is 11.8. The summed E-state index contributed by atoms with van der Waals surface area (Å²) >= 11 is 0. The third-order valence-corrected chi connectivity index (χ3v) is 3.57. The smallest absolute Gasteiger partial charge is 0.407 e. The fourth-order valence-corrected chi connectivity index (χ4v) is 2.26. The Morgan fingerprint density at radius 2 is 1.80 bits per heavy atom. The van der Waals surface area contributed by atoms with Gasteiger partial charge < -0.3 is 19.7 Å². The Morgan fingerprint density at radius 3 is 2.56 bits per heavy atom. The Kier molecular flexibility index (Phi) is 7.79. The predicted octanol–water partition coefficient (Wildman–Crippen LogP) is 3.44. The van der Waals surface area contributed by atoms with Crippen LogP contribution < -0.4 is 10.1 Å². The van der Waals surface area contributed by atoms with Gasteiger partial charge in [0, 0.05) is 13.1 Å². The van der Waals surface area contributed by atoms with E-state index in [1.165, 1.54) is 0 Å². The lowest BCUT2D eigenvalue weighted by atomic mass is 10.2. The van der Waals surface area contributed by atoms with Crippen LogP contribution in [0.3, 0.4) is 0 Å². The van der Waals surface area contributed by atoms with Gasteiger partial charge in [-0.15, -0.1) is 0 Å². The summed E-state index contributed by atoms with van der Waals surface area (Å²) in [7, 11) is 4.09. The van der Waals surface area contributed by atoms with E-state index in [9.17, 15) is 4.79 Å². The molecule has 2 aromatic rings. The first-order valence-corrected chi connectivity index (χ1v) is 8.44. The summed E-state index contributed by atoms with van der Waals surface area (Å²) in [4.78, 5) is 13.9. The van der Waals surface area contributed by atoms with Crippen molar-refractivity contribution < 1.29 is 14.3 Å². The number of amides is 1. The topological polar surface area (TPSA) is 50.8 Å². The van der Waals surface area contributed by atoms with Gasteiger partial charge in [-0.2, -0.15) is 0 Å². The van der Waals surface area contributed by atoms with Crippen LogP contribution in [-0.2, 0) is 17.9 Å². The molecule has 0 fully saturated rings. The second kappa shape index (κ2) is 10.4. The van der Waals surface area contributed by atoms with Gasteiger partial charge in [-0.05, 0) is 43.8 Å². The van der Waals surface area contributed by atoms with Crippen molar-refractivity contribution in [1.82, 2.24) is 10.2 Å². The molecule has 134 valence electrons. The lowest BCUT2D eigenvalue weighted by molar-refractivity contribution is 0.139. The summed E-state index contributed by atoms with van der Waals surface area (Å²) in [6, 6.07) is 17.3. The van der Waals surface area contributed by atoms with Gasteiger partial charge in [-0.1, -0.05) is 42.5 Å². The molecule has 0 unspecified atom stereocenters. The van der Waals surface area contributed by atoms with Gasteiger partial charge in [0.25, 0.3) is 0 Å². The number of hydrogen-bond acceptors (Lipinski definition) is 4. The SMILES string of the molecule is CN(C)CCCOc1cccc(CNC(=O)OCc2ccccc2)c1. The summed E-state index contributed by atoms with van der Waals surface area (Å²) in [5.74, 6) is 0.815. The van der Waals surface area contributed by atoms with Crippen LogP contribution in [0, 0.1) is 0 Å². The fraction of sp³-hybridized carbons (Fsp3) is 0.350. The minimum Gasteiger partial charge on any atom is -0.494 e. The van der Waals surface area contributed by atoms with Crippen LogP contribution in [0.4, 0.5) is 4.79 Å². The van der Waals surface area contributed by atoms with E-state index in [0.29, 0.717) is 13.2 Å². The first-order chi connectivity index (χ1) is 12.1. The van der Waals surface area contributed by atoms with E-state index in [0.717, 1.165) is 29.8 Å². The van der Waals surface area contributed by atoms with Crippen molar-refractivity contribution in [3.05, 3.63) is 65.7 Å². The first kappa shape index (κ1) is 18.8. The molecular formula is C20H26N2O3. The Morgan fingerprint density at radius 1 is 1.04 bits per heavy atom. The maximum Gasteiger partial charge on any atom is 0.407 e. The second-order valence-electron chi connectivity index (χ2n) is 6.07. The maximum absolute atomic E-state index is 11.8. The zero-order valence-electron chi connectivity index (χ0n) is 14.9. The highest BCUT2D eigenvalue weighted by Gasteiger charge is 2.04. The number of rotatable bonds is 9. The van der Waals surface area contributed by atoms with E-state index in [1.807, 2.05) is 68.7 Å². The molecule has 2 rings (SSSR count). The number of carbonyl (C=O) groups is 1. The van der Waals surface area contributed by atoms with E-state index >= 15 is 0 Å². The van der Waals surface area contributed by atoms with Gasteiger partial charge >= 0.3 is 6.09 Å². The van der Waals surface area contributed by atoms with Crippen molar-refractivity contribution in [2.75, 3.05) is 27.2 Å². The Hall–Kier alpha value is -2.53. The lowest BCUT2D eigenvalue weighted by Crippen LogP contribution is -2.23. The molecule has 2 aromatic carbocycles. The molecule has 0 heterocycles. The van der Waals surface area contributed by atoms with Crippen molar-refractivity contribution >= 4 is 6.09 Å². The predicted molar refractivity (Wildman–Crippen MR) is 98.6 cm³/mol. The van der Waals surface area contributed by atoms with Crippen LogP contribution in [0.5, 0.6) is 5.75 Å². The molecule has 0 spiro atoms. The summed E-state index contributed by atoms with van der Waals surface area (Å²) < 4.78 is 10.9. The largest absolute Gasteiger partial charge is 0.494 e. The molecule has 0 aliphatic rings. The zero-order chi connectivity index (χ0) is 17.9. The molecule has 1 N–H and O–H groups in total. The summed E-state index contributed by atoms with van der Waals surface area (Å²) in [6.07, 6.45) is 0.544. The van der Waals surface area contributed by atoms with Crippen molar-refractivity contribution in [3.8, 4) is 5.75 Å². The molecule has 0 aliphatic carbocycles. The van der Waals surface area contributed by atoms with Crippen LogP contribution in [0.1, 0.15) is 17.5 Å². The van der Waals surface area contributed by atoms with Crippen molar-refractivity contribution in [1.29, 1.82) is 0 Å². The standard InChI is InChI=1S/C20H26N2O3/c1-22(2)12-7-13-24-19-11-6-10-18(14-19)15-21-20(23)25-16-17-8-4-3-5-9-17/h3-6,8-11,14H,7,12-13,15-16H2,1-2H3,(H,21,23). The van der Waals surface area contributed by atoms with Crippen molar-refractivity contribution in [2.45, 2.75) is 19.6 Å². The van der Waals surface area contributed by atoms with E-state index in [-0.39, 0.29) is 6.61 Å². The number of ether oxygens (including phenoxy) is 2. The number of nitrogens with zero attached hydrogens (tertiary/aromatic N) is 1. The van der Waals surface area contributed by atoms with Crippen LogP contribution in [0.2, 0.25) is 0 Å². The number of nitrogens with one attached hydrogen (secondary N) is 1. The average molecular weight is 342 g/mol. The van der Waals surface area contributed by atoms with Crippen LogP contribution in [-0.4, -0.2) is 38.2 Å². The highest BCUT2D eigenvalue weighted by Crippen LogP contribution is 2.13. The van der Waals surface area contributed by atoms with Crippen LogP contribution in [0.15, 0.2) is 54.6 Å². The van der Waals surface area contributed by atoms with Gasteiger partial charge in [0.05, 0.1) is 6.61 Å². The molecule has 1 amide bonds. The average Bonchev–Trinajstić information content (AvgIpc) is 2.63.